The van der Waals surface area contributed by atoms with E-state index in [0.29, 0.717) is 19.6 Å². The van der Waals surface area contributed by atoms with Crippen LogP contribution in [-0.4, -0.2) is 37.5 Å². The van der Waals surface area contributed by atoms with Gasteiger partial charge in [0.25, 0.3) is 0 Å². The van der Waals surface area contributed by atoms with Crippen molar-refractivity contribution in [2.45, 2.75) is 38.7 Å². The molecule has 1 atom stereocenters. The third-order valence-corrected chi connectivity index (χ3v) is 5.25. The molecule has 0 amide bonds. The largest absolute Gasteiger partial charge is 0.493 e. The molecule has 180 valence electrons. The first-order valence-electron chi connectivity index (χ1n) is 11.5. The van der Waals surface area contributed by atoms with Crippen LogP contribution in [0.2, 0.25) is 0 Å². The van der Waals surface area contributed by atoms with Gasteiger partial charge in [-0.2, -0.15) is 0 Å². The average Bonchev–Trinajstić information content (AvgIpc) is 2.85. The Morgan fingerprint density at radius 2 is 1.59 bits per heavy atom. The maximum Gasteiger partial charge on any atom is 0.333 e. The molecule has 0 fully saturated rings. The first-order chi connectivity index (χ1) is 16.6. The Morgan fingerprint density at radius 3 is 2.26 bits per heavy atom. The second-order valence-electron chi connectivity index (χ2n) is 7.90. The number of rotatable bonds is 14. The number of methoxy groups -OCH3 is 1. The fourth-order valence-electron chi connectivity index (χ4n) is 3.49. The number of aliphatic carboxylic acids is 1. The highest BCUT2D eigenvalue weighted by atomic mass is 16.5. The number of carboxylic acid groups (broad SMARTS) is 1. The summed E-state index contributed by atoms with van der Waals surface area (Å²) in [5.74, 6) is 2.25. The SMILES string of the molecule is CCCc1cc(Oc2ccccc2)ccc1OCCCOc1ccc(C[C@H](OC)C(=O)O)cc1. The summed E-state index contributed by atoms with van der Waals surface area (Å²) in [6.07, 6.45) is 2.13. The molecule has 0 aliphatic heterocycles. The van der Waals surface area contributed by atoms with Gasteiger partial charge in [-0.3, -0.25) is 0 Å². The predicted molar refractivity (Wildman–Crippen MR) is 131 cm³/mol. The van der Waals surface area contributed by atoms with E-state index in [1.165, 1.54) is 7.11 Å². The average molecular weight is 465 g/mol. The third-order valence-electron chi connectivity index (χ3n) is 5.25. The van der Waals surface area contributed by atoms with Crippen molar-refractivity contribution in [3.63, 3.8) is 0 Å². The molecule has 6 heteroatoms. The molecule has 6 nitrogen and oxygen atoms in total. The number of carboxylic acids is 1. The first-order valence-corrected chi connectivity index (χ1v) is 11.5. The van der Waals surface area contributed by atoms with Gasteiger partial charge in [0.05, 0.1) is 13.2 Å². The monoisotopic (exact) mass is 464 g/mol. The molecule has 0 spiro atoms. The molecule has 0 unspecified atom stereocenters. The van der Waals surface area contributed by atoms with Crippen molar-refractivity contribution < 1.29 is 28.8 Å². The van der Waals surface area contributed by atoms with E-state index in [0.717, 1.165) is 53.4 Å². The maximum atomic E-state index is 11.1. The highest BCUT2D eigenvalue weighted by Crippen LogP contribution is 2.29. The zero-order valence-corrected chi connectivity index (χ0v) is 19.7. The fourth-order valence-corrected chi connectivity index (χ4v) is 3.49. The van der Waals surface area contributed by atoms with Crippen LogP contribution in [0.15, 0.2) is 72.8 Å². The van der Waals surface area contributed by atoms with E-state index in [1.807, 2.05) is 72.8 Å². The number of carbonyl (C=O) groups is 1. The van der Waals surface area contributed by atoms with E-state index in [2.05, 4.69) is 6.92 Å². The predicted octanol–water partition coefficient (Wildman–Crippen LogP) is 5.92. The molecule has 34 heavy (non-hydrogen) atoms. The lowest BCUT2D eigenvalue weighted by Crippen LogP contribution is -2.24. The smallest absolute Gasteiger partial charge is 0.333 e. The molecule has 3 aromatic rings. The molecule has 0 aliphatic carbocycles. The molecule has 0 saturated heterocycles. The van der Waals surface area contributed by atoms with Crippen molar-refractivity contribution in [2.24, 2.45) is 0 Å². The molecule has 1 N–H and O–H groups in total. The van der Waals surface area contributed by atoms with Crippen molar-refractivity contribution in [3.8, 4) is 23.0 Å². The Balaban J connectivity index is 1.45. The summed E-state index contributed by atoms with van der Waals surface area (Å²) in [7, 11) is 1.40. The maximum absolute atomic E-state index is 11.1. The van der Waals surface area contributed by atoms with Gasteiger partial charge in [0, 0.05) is 20.0 Å². The summed E-state index contributed by atoms with van der Waals surface area (Å²) in [5.41, 5.74) is 2.01. The summed E-state index contributed by atoms with van der Waals surface area (Å²) >= 11 is 0. The van der Waals surface area contributed by atoms with Gasteiger partial charge in [-0.15, -0.1) is 0 Å². The van der Waals surface area contributed by atoms with Crippen LogP contribution in [0.3, 0.4) is 0 Å². The minimum atomic E-state index is -0.969. The standard InChI is InChI=1S/C28H32O6/c1-3-8-22-20-25(34-24-9-5-4-6-10-24)15-16-26(22)33-18-7-17-32-23-13-11-21(12-14-23)19-27(31-2)28(29)30/h4-6,9-16,20,27H,3,7-8,17-19H2,1-2H3,(H,29,30)/t27-/m0/s1. The van der Waals surface area contributed by atoms with Gasteiger partial charge in [-0.25, -0.2) is 4.79 Å². The van der Waals surface area contributed by atoms with Crippen LogP contribution in [0.1, 0.15) is 30.9 Å². The Bertz CT molecular complexity index is 1020. The molecule has 3 aromatic carbocycles. The number of hydrogen-bond donors (Lipinski definition) is 1. The molecular formula is C28H32O6. The lowest BCUT2D eigenvalue weighted by molar-refractivity contribution is -0.148. The molecule has 0 heterocycles. The van der Waals surface area contributed by atoms with Gasteiger partial charge in [0.15, 0.2) is 6.10 Å². The quantitative estimate of drug-likeness (QED) is 0.299. The molecule has 0 radical (unpaired) electrons. The molecule has 0 aromatic heterocycles. The summed E-state index contributed by atoms with van der Waals surface area (Å²) in [5, 5.41) is 9.09. The second kappa shape index (κ2) is 13.3. The van der Waals surface area contributed by atoms with Crippen LogP contribution < -0.4 is 14.2 Å². The third kappa shape index (κ3) is 7.81. The van der Waals surface area contributed by atoms with E-state index in [9.17, 15) is 4.79 Å². The lowest BCUT2D eigenvalue weighted by atomic mass is 10.1. The van der Waals surface area contributed by atoms with Crippen LogP contribution in [0.25, 0.3) is 0 Å². The Hall–Kier alpha value is -3.51. The summed E-state index contributed by atoms with van der Waals surface area (Å²) in [6.45, 7) is 3.21. The summed E-state index contributed by atoms with van der Waals surface area (Å²) < 4.78 is 22.7. The van der Waals surface area contributed by atoms with Crippen LogP contribution in [0, 0.1) is 0 Å². The van der Waals surface area contributed by atoms with Crippen LogP contribution >= 0.6 is 0 Å². The van der Waals surface area contributed by atoms with E-state index < -0.39 is 12.1 Å². The van der Waals surface area contributed by atoms with E-state index >= 15 is 0 Å². The van der Waals surface area contributed by atoms with Crippen molar-refractivity contribution in [1.29, 1.82) is 0 Å². The van der Waals surface area contributed by atoms with Crippen molar-refractivity contribution in [1.82, 2.24) is 0 Å². The Labute approximate surface area is 201 Å². The van der Waals surface area contributed by atoms with Gasteiger partial charge >= 0.3 is 5.97 Å². The highest BCUT2D eigenvalue weighted by Gasteiger charge is 2.16. The van der Waals surface area contributed by atoms with E-state index in [-0.39, 0.29) is 0 Å². The lowest BCUT2D eigenvalue weighted by Gasteiger charge is -2.14. The normalized spacial score (nSPS) is 11.6. The summed E-state index contributed by atoms with van der Waals surface area (Å²) in [4.78, 5) is 11.1. The number of benzene rings is 3. The molecule has 3 rings (SSSR count). The van der Waals surface area contributed by atoms with E-state index in [1.54, 1.807) is 0 Å². The second-order valence-corrected chi connectivity index (χ2v) is 7.90. The number of para-hydroxylation sites is 1. The molecule has 0 saturated carbocycles. The topological polar surface area (TPSA) is 74.2 Å². The number of aryl methyl sites for hydroxylation is 1. The highest BCUT2D eigenvalue weighted by molar-refractivity contribution is 5.72. The zero-order chi connectivity index (χ0) is 24.2. The minimum absolute atomic E-state index is 0.315. The van der Waals surface area contributed by atoms with Crippen molar-refractivity contribution in [3.05, 3.63) is 83.9 Å². The van der Waals surface area contributed by atoms with Gasteiger partial charge in [0.2, 0.25) is 0 Å². The van der Waals surface area contributed by atoms with Gasteiger partial charge < -0.3 is 24.1 Å². The van der Waals surface area contributed by atoms with Crippen molar-refractivity contribution >= 4 is 5.97 Å². The van der Waals surface area contributed by atoms with Crippen LogP contribution in [-0.2, 0) is 22.4 Å². The number of hydrogen-bond acceptors (Lipinski definition) is 5. The number of ether oxygens (including phenoxy) is 4. The van der Waals surface area contributed by atoms with E-state index in [4.69, 9.17) is 24.1 Å². The Kier molecular flexibility index (Phi) is 9.80. The molecular weight excluding hydrogens is 432 g/mol. The van der Waals surface area contributed by atoms with Crippen LogP contribution in [0.4, 0.5) is 0 Å². The fraction of sp³-hybridized carbons (Fsp3) is 0.321. The van der Waals surface area contributed by atoms with Crippen LogP contribution in [0.5, 0.6) is 23.0 Å². The van der Waals surface area contributed by atoms with Gasteiger partial charge in [0.1, 0.15) is 23.0 Å². The van der Waals surface area contributed by atoms with Crippen molar-refractivity contribution in [2.75, 3.05) is 20.3 Å². The van der Waals surface area contributed by atoms with Gasteiger partial charge in [-0.1, -0.05) is 43.7 Å². The van der Waals surface area contributed by atoms with Gasteiger partial charge in [-0.05, 0) is 60.0 Å². The minimum Gasteiger partial charge on any atom is -0.493 e. The molecule has 0 aliphatic rings. The molecule has 0 bridgehead atoms. The zero-order valence-electron chi connectivity index (χ0n) is 19.7. The first kappa shape index (κ1) is 25.1. The summed E-state index contributed by atoms with van der Waals surface area (Å²) in [6, 6.07) is 23.1. The Morgan fingerprint density at radius 1 is 0.882 bits per heavy atom.